The Bertz CT molecular complexity index is 681. The first kappa shape index (κ1) is 19.8. The van der Waals surface area contributed by atoms with Crippen LogP contribution in [0.1, 0.15) is 50.5 Å². The molecule has 140 valence electrons. The van der Waals surface area contributed by atoms with Crippen molar-refractivity contribution in [3.63, 3.8) is 0 Å². The van der Waals surface area contributed by atoms with Crippen LogP contribution in [0.3, 0.4) is 0 Å². The number of carbonyl (C=O) groups is 1. The molecule has 0 aliphatic heterocycles. The van der Waals surface area contributed by atoms with Gasteiger partial charge in [-0.1, -0.05) is 19.8 Å². The van der Waals surface area contributed by atoms with E-state index < -0.39 is 0 Å². The minimum Gasteiger partial charge on any atom is -0.372 e. The van der Waals surface area contributed by atoms with Gasteiger partial charge in [-0.25, -0.2) is 0 Å². The summed E-state index contributed by atoms with van der Waals surface area (Å²) < 4.78 is 0. The lowest BCUT2D eigenvalue weighted by Gasteiger charge is -2.21. The topological polar surface area (TPSA) is 57.3 Å². The van der Waals surface area contributed by atoms with Gasteiger partial charge in [-0.2, -0.15) is 0 Å². The zero-order chi connectivity index (χ0) is 18.8. The molecule has 0 atom stereocenters. The predicted molar refractivity (Wildman–Crippen MR) is 109 cm³/mol. The van der Waals surface area contributed by atoms with Crippen LogP contribution in [-0.2, 0) is 0 Å². The molecule has 1 amide bonds. The summed E-state index contributed by atoms with van der Waals surface area (Å²) in [5.74, 6) is -0.123. The third kappa shape index (κ3) is 5.76. The van der Waals surface area contributed by atoms with E-state index in [0.29, 0.717) is 12.2 Å². The molecule has 0 saturated carbocycles. The van der Waals surface area contributed by atoms with Crippen molar-refractivity contribution >= 4 is 23.0 Å². The number of nitrogens with zero attached hydrogens (tertiary/aromatic N) is 2. The summed E-state index contributed by atoms with van der Waals surface area (Å²) >= 11 is 0. The molecule has 2 aromatic rings. The Hall–Kier alpha value is -2.56. The monoisotopic (exact) mass is 354 g/mol. The Morgan fingerprint density at radius 1 is 1.00 bits per heavy atom. The van der Waals surface area contributed by atoms with Crippen LogP contribution in [0.15, 0.2) is 42.6 Å². The number of nitrogens with one attached hydrogen (secondary N) is 2. The maximum absolute atomic E-state index is 12.2. The van der Waals surface area contributed by atoms with E-state index in [9.17, 15) is 4.79 Å². The van der Waals surface area contributed by atoms with Crippen LogP contribution >= 0.6 is 0 Å². The van der Waals surface area contributed by atoms with Crippen LogP contribution in [0, 0.1) is 0 Å². The van der Waals surface area contributed by atoms with Gasteiger partial charge in [0.1, 0.15) is 5.69 Å². The zero-order valence-corrected chi connectivity index (χ0v) is 16.1. The number of amides is 1. The van der Waals surface area contributed by atoms with E-state index in [1.54, 1.807) is 12.3 Å². The van der Waals surface area contributed by atoms with Gasteiger partial charge in [-0.05, 0) is 56.7 Å². The number of rotatable bonds is 10. The van der Waals surface area contributed by atoms with Crippen LogP contribution in [0.5, 0.6) is 0 Å². The quantitative estimate of drug-likeness (QED) is 0.613. The van der Waals surface area contributed by atoms with E-state index >= 15 is 0 Å². The molecular weight excluding hydrogens is 324 g/mol. The third-order valence-electron chi connectivity index (χ3n) is 4.34. The minimum atomic E-state index is -0.123. The van der Waals surface area contributed by atoms with Crippen molar-refractivity contribution in [2.75, 3.05) is 29.9 Å². The van der Waals surface area contributed by atoms with Crippen molar-refractivity contribution in [1.82, 2.24) is 10.3 Å². The molecule has 1 heterocycles. The molecule has 2 rings (SSSR count). The molecule has 0 fully saturated rings. The van der Waals surface area contributed by atoms with Gasteiger partial charge in [0.15, 0.2) is 0 Å². The summed E-state index contributed by atoms with van der Waals surface area (Å²) in [6.07, 6.45) is 4.92. The van der Waals surface area contributed by atoms with Crippen molar-refractivity contribution in [3.8, 4) is 0 Å². The second kappa shape index (κ2) is 10.4. The van der Waals surface area contributed by atoms with Crippen LogP contribution in [0.2, 0.25) is 0 Å². The molecule has 0 bridgehead atoms. The standard InChI is InChI=1S/C21H30N4O/c1-4-7-8-14-23-21(26)20-16-18(13-15-22-20)24-17-9-11-19(12-10-17)25(5-2)6-3/h9-13,15-16H,4-8,14H2,1-3H3,(H,22,24)(H,23,26). The lowest BCUT2D eigenvalue weighted by molar-refractivity contribution is 0.0948. The van der Waals surface area contributed by atoms with Gasteiger partial charge in [0.05, 0.1) is 0 Å². The maximum Gasteiger partial charge on any atom is 0.269 e. The van der Waals surface area contributed by atoms with Crippen molar-refractivity contribution in [1.29, 1.82) is 0 Å². The van der Waals surface area contributed by atoms with E-state index in [0.717, 1.165) is 43.7 Å². The minimum absolute atomic E-state index is 0.123. The van der Waals surface area contributed by atoms with Gasteiger partial charge >= 0.3 is 0 Å². The van der Waals surface area contributed by atoms with Crippen molar-refractivity contribution in [2.45, 2.75) is 40.0 Å². The summed E-state index contributed by atoms with van der Waals surface area (Å²) in [5, 5.41) is 6.26. The molecule has 0 aliphatic rings. The van der Waals surface area contributed by atoms with Crippen LogP contribution in [0.4, 0.5) is 17.1 Å². The molecule has 5 nitrogen and oxygen atoms in total. The molecule has 1 aromatic heterocycles. The summed E-state index contributed by atoms with van der Waals surface area (Å²) in [4.78, 5) is 18.7. The zero-order valence-electron chi connectivity index (χ0n) is 16.1. The number of unbranched alkanes of at least 4 members (excludes halogenated alkanes) is 2. The van der Waals surface area contributed by atoms with Crippen molar-refractivity contribution in [2.24, 2.45) is 0 Å². The number of hydrogen-bond acceptors (Lipinski definition) is 4. The first-order valence-electron chi connectivity index (χ1n) is 9.54. The van der Waals surface area contributed by atoms with Gasteiger partial charge in [0.2, 0.25) is 0 Å². The average molecular weight is 354 g/mol. The van der Waals surface area contributed by atoms with Gasteiger partial charge in [0.25, 0.3) is 5.91 Å². The Labute approximate surface area is 156 Å². The van der Waals surface area contributed by atoms with E-state index in [1.807, 2.05) is 6.07 Å². The molecule has 2 N–H and O–H groups in total. The first-order chi connectivity index (χ1) is 12.7. The highest BCUT2D eigenvalue weighted by atomic mass is 16.1. The second-order valence-electron chi connectivity index (χ2n) is 6.24. The number of carbonyl (C=O) groups excluding carboxylic acids is 1. The SMILES string of the molecule is CCCCCNC(=O)c1cc(Nc2ccc(N(CC)CC)cc2)ccn1. The van der Waals surface area contributed by atoms with Gasteiger partial charge in [-0.15, -0.1) is 0 Å². The maximum atomic E-state index is 12.2. The van der Waals surface area contributed by atoms with Gasteiger partial charge < -0.3 is 15.5 Å². The Kier molecular flexibility index (Phi) is 7.93. The number of anilines is 3. The lowest BCUT2D eigenvalue weighted by atomic mass is 10.2. The van der Waals surface area contributed by atoms with Crippen LogP contribution < -0.4 is 15.5 Å². The molecule has 0 spiro atoms. The van der Waals surface area contributed by atoms with E-state index in [1.165, 1.54) is 5.69 Å². The van der Waals surface area contributed by atoms with Crippen molar-refractivity contribution in [3.05, 3.63) is 48.3 Å². The summed E-state index contributed by atoms with van der Waals surface area (Å²) in [5.41, 5.74) is 3.49. The number of hydrogen-bond donors (Lipinski definition) is 2. The molecule has 0 unspecified atom stereocenters. The highest BCUT2D eigenvalue weighted by Gasteiger charge is 2.08. The molecule has 1 aromatic carbocycles. The highest BCUT2D eigenvalue weighted by molar-refractivity contribution is 5.93. The normalized spacial score (nSPS) is 10.4. The summed E-state index contributed by atoms with van der Waals surface area (Å²) in [6, 6.07) is 12.0. The summed E-state index contributed by atoms with van der Waals surface area (Å²) in [7, 11) is 0. The Balaban J connectivity index is 1.98. The second-order valence-corrected chi connectivity index (χ2v) is 6.24. The van der Waals surface area contributed by atoms with Gasteiger partial charge in [0, 0.05) is 42.9 Å². The fourth-order valence-electron chi connectivity index (χ4n) is 2.81. The molecule has 5 heteroatoms. The van der Waals surface area contributed by atoms with E-state index in [4.69, 9.17) is 0 Å². The molecule has 0 radical (unpaired) electrons. The summed E-state index contributed by atoms with van der Waals surface area (Å²) in [6.45, 7) is 9.13. The largest absolute Gasteiger partial charge is 0.372 e. The molecule has 26 heavy (non-hydrogen) atoms. The number of aromatic nitrogens is 1. The predicted octanol–water partition coefficient (Wildman–Crippen LogP) is 4.59. The van der Waals surface area contributed by atoms with Crippen molar-refractivity contribution < 1.29 is 4.79 Å². The molecular formula is C21H30N4O. The number of pyridine rings is 1. The Morgan fingerprint density at radius 3 is 2.38 bits per heavy atom. The van der Waals surface area contributed by atoms with E-state index in [2.05, 4.69) is 65.6 Å². The third-order valence-corrected chi connectivity index (χ3v) is 4.34. The number of benzene rings is 1. The molecule has 0 aliphatic carbocycles. The highest BCUT2D eigenvalue weighted by Crippen LogP contribution is 2.21. The van der Waals surface area contributed by atoms with Gasteiger partial charge in [-0.3, -0.25) is 9.78 Å². The van der Waals surface area contributed by atoms with Crippen LogP contribution in [-0.4, -0.2) is 30.5 Å². The lowest BCUT2D eigenvalue weighted by Crippen LogP contribution is -2.25. The Morgan fingerprint density at radius 2 is 1.73 bits per heavy atom. The van der Waals surface area contributed by atoms with E-state index in [-0.39, 0.29) is 5.91 Å². The average Bonchev–Trinajstić information content (AvgIpc) is 2.67. The fraction of sp³-hybridized carbons (Fsp3) is 0.429. The molecule has 0 saturated heterocycles. The van der Waals surface area contributed by atoms with Crippen LogP contribution in [0.25, 0.3) is 0 Å². The first-order valence-corrected chi connectivity index (χ1v) is 9.54. The smallest absolute Gasteiger partial charge is 0.269 e. The fourth-order valence-corrected chi connectivity index (χ4v) is 2.81.